The number of rotatable bonds is 5. The minimum absolute atomic E-state index is 0.326. The highest BCUT2D eigenvalue weighted by Gasteiger charge is 2.30. The first-order valence-corrected chi connectivity index (χ1v) is 9.11. The molecule has 0 radical (unpaired) electrons. The van der Waals surface area contributed by atoms with Crippen LogP contribution in [0.15, 0.2) is 35.7 Å². The van der Waals surface area contributed by atoms with Crippen molar-refractivity contribution in [3.8, 4) is 0 Å². The molecular weight excluding hydrogens is 298 g/mol. The van der Waals surface area contributed by atoms with Gasteiger partial charge in [0.05, 0.1) is 0 Å². The largest absolute Gasteiger partial charge is 0.309 e. The van der Waals surface area contributed by atoms with Crippen LogP contribution in [0.2, 0.25) is 5.02 Å². The topological polar surface area (TPSA) is 12.0 Å². The first kappa shape index (κ1) is 15.1. The van der Waals surface area contributed by atoms with Crippen LogP contribution in [0.1, 0.15) is 54.1 Å². The number of nitrogens with one attached hydrogen (secondary N) is 1. The van der Waals surface area contributed by atoms with Gasteiger partial charge in [-0.25, -0.2) is 0 Å². The second kappa shape index (κ2) is 6.95. The van der Waals surface area contributed by atoms with Crippen LogP contribution in [0.3, 0.4) is 0 Å². The maximum Gasteiger partial charge on any atom is 0.0454 e. The highest BCUT2D eigenvalue weighted by molar-refractivity contribution is 7.10. The van der Waals surface area contributed by atoms with Crippen molar-refractivity contribution in [3.05, 3.63) is 56.7 Å². The SMILES string of the molecule is CCCNC(c1ccccc1Cl)C1CCCc2sccc21. The van der Waals surface area contributed by atoms with Crippen LogP contribution in [0.4, 0.5) is 0 Å². The molecular formula is C18H22ClNS. The zero-order valence-corrected chi connectivity index (χ0v) is 14.0. The first-order valence-electron chi connectivity index (χ1n) is 7.85. The fourth-order valence-corrected chi connectivity index (χ4v) is 4.61. The Labute approximate surface area is 136 Å². The number of hydrogen-bond acceptors (Lipinski definition) is 2. The Balaban J connectivity index is 1.96. The number of aryl methyl sites for hydroxylation is 1. The lowest BCUT2D eigenvalue weighted by Crippen LogP contribution is -2.29. The molecule has 112 valence electrons. The van der Waals surface area contributed by atoms with Gasteiger partial charge in [-0.3, -0.25) is 0 Å². The van der Waals surface area contributed by atoms with E-state index in [1.54, 1.807) is 10.4 Å². The molecule has 2 unspecified atom stereocenters. The van der Waals surface area contributed by atoms with Crippen LogP contribution in [0.25, 0.3) is 0 Å². The molecule has 1 nitrogen and oxygen atoms in total. The maximum absolute atomic E-state index is 6.48. The summed E-state index contributed by atoms with van der Waals surface area (Å²) in [7, 11) is 0. The van der Waals surface area contributed by atoms with Gasteiger partial charge in [0.1, 0.15) is 0 Å². The van der Waals surface area contributed by atoms with Gasteiger partial charge >= 0.3 is 0 Å². The van der Waals surface area contributed by atoms with E-state index >= 15 is 0 Å². The van der Waals surface area contributed by atoms with E-state index in [1.165, 1.54) is 24.8 Å². The molecule has 0 bridgehead atoms. The van der Waals surface area contributed by atoms with E-state index in [1.807, 2.05) is 23.5 Å². The van der Waals surface area contributed by atoms with E-state index in [0.29, 0.717) is 12.0 Å². The number of fused-ring (bicyclic) bond motifs is 1. The van der Waals surface area contributed by atoms with E-state index in [4.69, 9.17) is 11.6 Å². The summed E-state index contributed by atoms with van der Waals surface area (Å²) in [5.74, 6) is 0.548. The monoisotopic (exact) mass is 319 g/mol. The third-order valence-corrected chi connectivity index (χ3v) is 5.70. The molecule has 0 amide bonds. The van der Waals surface area contributed by atoms with Gasteiger partial charge in [0, 0.05) is 21.9 Å². The van der Waals surface area contributed by atoms with E-state index in [9.17, 15) is 0 Å². The molecule has 1 N–H and O–H groups in total. The third kappa shape index (κ3) is 3.18. The lowest BCUT2D eigenvalue weighted by molar-refractivity contribution is 0.404. The minimum Gasteiger partial charge on any atom is -0.309 e. The summed E-state index contributed by atoms with van der Waals surface area (Å²) in [6.07, 6.45) is 4.92. The molecule has 0 spiro atoms. The standard InChI is InChI=1S/C18H22ClNS/c1-2-11-20-18(15-6-3-4-8-16(15)19)14-7-5-9-17-13(14)10-12-21-17/h3-4,6,8,10,12,14,18,20H,2,5,7,9,11H2,1H3. The van der Waals surface area contributed by atoms with Crippen LogP contribution in [-0.2, 0) is 6.42 Å². The molecule has 0 aliphatic heterocycles. The van der Waals surface area contributed by atoms with Crippen LogP contribution >= 0.6 is 22.9 Å². The van der Waals surface area contributed by atoms with Crippen LogP contribution in [-0.4, -0.2) is 6.54 Å². The number of halogens is 1. The Morgan fingerprint density at radius 3 is 3.00 bits per heavy atom. The second-order valence-electron chi connectivity index (χ2n) is 5.75. The predicted octanol–water partition coefficient (Wildman–Crippen LogP) is 5.56. The first-order chi connectivity index (χ1) is 10.3. The van der Waals surface area contributed by atoms with Crippen LogP contribution < -0.4 is 5.32 Å². The normalized spacial score (nSPS) is 19.2. The molecule has 1 aliphatic rings. The number of thiophene rings is 1. The lowest BCUT2D eigenvalue weighted by atomic mass is 9.80. The Hall–Kier alpha value is -0.830. The summed E-state index contributed by atoms with van der Waals surface area (Å²) in [6, 6.07) is 10.9. The fourth-order valence-electron chi connectivity index (χ4n) is 3.36. The molecule has 1 aliphatic carbocycles. The van der Waals surface area contributed by atoms with Crippen LogP contribution in [0.5, 0.6) is 0 Å². The molecule has 1 aromatic carbocycles. The summed E-state index contributed by atoms with van der Waals surface area (Å²) in [4.78, 5) is 1.57. The molecule has 0 saturated carbocycles. The summed E-state index contributed by atoms with van der Waals surface area (Å²) in [5.41, 5.74) is 2.79. The quantitative estimate of drug-likeness (QED) is 0.760. The van der Waals surface area contributed by atoms with Gasteiger partial charge in [-0.1, -0.05) is 36.7 Å². The van der Waals surface area contributed by atoms with Gasteiger partial charge in [0.2, 0.25) is 0 Å². The van der Waals surface area contributed by atoms with Crippen molar-refractivity contribution >= 4 is 22.9 Å². The van der Waals surface area contributed by atoms with Gasteiger partial charge in [-0.15, -0.1) is 11.3 Å². The molecule has 2 atom stereocenters. The molecule has 3 rings (SSSR count). The maximum atomic E-state index is 6.48. The van der Waals surface area contributed by atoms with Crippen molar-refractivity contribution in [2.75, 3.05) is 6.54 Å². The van der Waals surface area contributed by atoms with Crippen molar-refractivity contribution in [1.29, 1.82) is 0 Å². The van der Waals surface area contributed by atoms with Crippen LogP contribution in [0, 0.1) is 0 Å². The molecule has 0 saturated heterocycles. The molecule has 21 heavy (non-hydrogen) atoms. The lowest BCUT2D eigenvalue weighted by Gasteiger charge is -2.32. The van der Waals surface area contributed by atoms with E-state index < -0.39 is 0 Å². The third-order valence-electron chi connectivity index (χ3n) is 4.36. The Morgan fingerprint density at radius 2 is 2.19 bits per heavy atom. The Morgan fingerprint density at radius 1 is 1.33 bits per heavy atom. The molecule has 0 fully saturated rings. The molecule has 1 aromatic heterocycles. The van der Waals surface area contributed by atoms with Gasteiger partial charge in [0.25, 0.3) is 0 Å². The van der Waals surface area contributed by atoms with Crippen molar-refractivity contribution in [2.24, 2.45) is 0 Å². The van der Waals surface area contributed by atoms with Crippen molar-refractivity contribution in [1.82, 2.24) is 5.32 Å². The fraction of sp³-hybridized carbons (Fsp3) is 0.444. The smallest absolute Gasteiger partial charge is 0.0454 e. The Bertz CT molecular complexity index is 592. The molecule has 3 heteroatoms. The average molecular weight is 320 g/mol. The summed E-state index contributed by atoms with van der Waals surface area (Å²) in [5, 5.41) is 6.87. The summed E-state index contributed by atoms with van der Waals surface area (Å²) < 4.78 is 0. The highest BCUT2D eigenvalue weighted by Crippen LogP contribution is 2.43. The highest BCUT2D eigenvalue weighted by atomic mass is 35.5. The van der Waals surface area contributed by atoms with Gasteiger partial charge in [-0.05, 0) is 60.9 Å². The zero-order valence-electron chi connectivity index (χ0n) is 12.4. The summed E-state index contributed by atoms with van der Waals surface area (Å²) >= 11 is 8.39. The van der Waals surface area contributed by atoms with Crippen molar-refractivity contribution in [3.63, 3.8) is 0 Å². The van der Waals surface area contributed by atoms with Gasteiger partial charge in [-0.2, -0.15) is 0 Å². The van der Waals surface area contributed by atoms with E-state index in [2.05, 4.69) is 35.8 Å². The van der Waals surface area contributed by atoms with Gasteiger partial charge in [0.15, 0.2) is 0 Å². The van der Waals surface area contributed by atoms with Crippen molar-refractivity contribution in [2.45, 2.75) is 44.6 Å². The van der Waals surface area contributed by atoms with E-state index in [0.717, 1.165) is 18.0 Å². The second-order valence-corrected chi connectivity index (χ2v) is 7.16. The average Bonchev–Trinajstić information content (AvgIpc) is 2.98. The number of hydrogen-bond donors (Lipinski definition) is 1. The minimum atomic E-state index is 0.326. The molecule has 1 heterocycles. The molecule has 2 aromatic rings. The van der Waals surface area contributed by atoms with Crippen molar-refractivity contribution < 1.29 is 0 Å². The van der Waals surface area contributed by atoms with Gasteiger partial charge < -0.3 is 5.32 Å². The number of benzene rings is 1. The Kier molecular flexibility index (Phi) is 4.99. The van der Waals surface area contributed by atoms with E-state index in [-0.39, 0.29) is 0 Å². The summed E-state index contributed by atoms with van der Waals surface area (Å²) in [6.45, 7) is 3.25. The zero-order chi connectivity index (χ0) is 14.7. The predicted molar refractivity (Wildman–Crippen MR) is 92.5 cm³/mol.